The van der Waals surface area contributed by atoms with Crippen LogP contribution in [0.5, 0.6) is 0 Å². The Morgan fingerprint density at radius 2 is 2.02 bits per heavy atom. The summed E-state index contributed by atoms with van der Waals surface area (Å²) in [7, 11) is 0. The van der Waals surface area contributed by atoms with Crippen LogP contribution >= 0.6 is 11.6 Å². The van der Waals surface area contributed by atoms with Crippen molar-refractivity contribution in [1.29, 1.82) is 5.26 Å². The van der Waals surface area contributed by atoms with Crippen LogP contribution in [0.15, 0.2) is 53.4 Å². The number of amides is 3. The number of hydrogen-bond donors (Lipinski definition) is 2. The molecule has 210 valence electrons. The smallest absolute Gasteiger partial charge is 0.269 e. The number of aromatic nitrogens is 5. The minimum atomic E-state index is -1.45. The molecule has 13 nitrogen and oxygen atoms in total. The maximum Gasteiger partial charge on any atom is 0.269 e. The summed E-state index contributed by atoms with van der Waals surface area (Å²) in [6, 6.07) is 9.11. The number of carbonyl (C=O) groups is 3. The Morgan fingerprint density at radius 3 is 2.76 bits per heavy atom. The molecule has 1 aromatic carbocycles. The Bertz CT molecular complexity index is 1930. The zero-order valence-electron chi connectivity index (χ0n) is 21.5. The van der Waals surface area contributed by atoms with Gasteiger partial charge in [0.1, 0.15) is 36.9 Å². The van der Waals surface area contributed by atoms with E-state index in [-0.39, 0.29) is 47.3 Å². The van der Waals surface area contributed by atoms with Gasteiger partial charge in [0.05, 0.1) is 30.0 Å². The third kappa shape index (κ3) is 4.75. The van der Waals surface area contributed by atoms with Gasteiger partial charge >= 0.3 is 0 Å². The maximum absolute atomic E-state index is 14.6. The number of hydrogen-bond acceptors (Lipinski definition) is 9. The van der Waals surface area contributed by atoms with Gasteiger partial charge in [0.15, 0.2) is 16.4 Å². The van der Waals surface area contributed by atoms with Crippen molar-refractivity contribution in [3.63, 3.8) is 0 Å². The second kappa shape index (κ2) is 10.5. The first-order chi connectivity index (χ1) is 20.2. The van der Waals surface area contributed by atoms with Crippen LogP contribution in [-0.4, -0.2) is 66.3 Å². The largest absolute Gasteiger partial charge is 0.460 e. The van der Waals surface area contributed by atoms with E-state index < -0.39 is 29.9 Å². The van der Waals surface area contributed by atoms with Gasteiger partial charge in [0.25, 0.3) is 5.91 Å². The molecule has 1 aliphatic heterocycles. The third-order valence-electron chi connectivity index (χ3n) is 6.95. The molecule has 0 aliphatic carbocycles. The number of nitriles is 1. The zero-order chi connectivity index (χ0) is 29.5. The first-order valence-corrected chi connectivity index (χ1v) is 12.9. The van der Waals surface area contributed by atoms with Crippen LogP contribution in [0.2, 0.25) is 5.15 Å². The molecule has 5 heterocycles. The van der Waals surface area contributed by atoms with E-state index in [2.05, 4.69) is 25.6 Å². The van der Waals surface area contributed by atoms with Crippen molar-refractivity contribution >= 4 is 57.0 Å². The topological polar surface area (TPSA) is 186 Å². The number of nitrogens with one attached hydrogen (secondary N) is 1. The molecule has 2 atom stereocenters. The third-order valence-corrected chi connectivity index (χ3v) is 7.20. The standard InChI is InChI=1S/C27H19ClFN9O4/c28-25-24-17(15(8-30)12-42-24)7-21(34-25)35-27(41)20-6-16(29)10-37(20)22(39)11-38-19-2-1-13(14-3-4-32-33-9-14)5-18(19)23(36-38)26(31)40/h1-5,7,9,12,16,20H,6,10-11H2,(H2,31,40)(H,34,35,41). The lowest BCUT2D eigenvalue weighted by molar-refractivity contribution is -0.137. The number of halogens is 2. The van der Waals surface area contributed by atoms with Crippen LogP contribution in [0.3, 0.4) is 0 Å². The van der Waals surface area contributed by atoms with Gasteiger partial charge in [-0.05, 0) is 29.8 Å². The number of pyridine rings is 1. The van der Waals surface area contributed by atoms with Crippen LogP contribution in [0, 0.1) is 11.3 Å². The molecule has 5 aromatic rings. The number of furan rings is 1. The minimum Gasteiger partial charge on any atom is -0.460 e. The number of fused-ring (bicyclic) bond motifs is 2. The average Bonchev–Trinajstić information content (AvgIpc) is 3.68. The number of primary amides is 1. The van der Waals surface area contributed by atoms with E-state index in [1.54, 1.807) is 30.5 Å². The van der Waals surface area contributed by atoms with E-state index in [0.29, 0.717) is 16.3 Å². The number of likely N-dealkylation sites (tertiary alicyclic amines) is 1. The highest BCUT2D eigenvalue weighted by Crippen LogP contribution is 2.30. The Hall–Kier alpha value is -5.42. The molecule has 0 bridgehead atoms. The van der Waals surface area contributed by atoms with E-state index in [0.717, 1.165) is 16.0 Å². The average molecular weight is 588 g/mol. The number of rotatable bonds is 6. The molecule has 3 N–H and O–H groups in total. The van der Waals surface area contributed by atoms with Crippen molar-refractivity contribution < 1.29 is 23.2 Å². The number of carbonyl (C=O) groups excluding carboxylic acids is 3. The van der Waals surface area contributed by atoms with Crippen molar-refractivity contribution in [2.75, 3.05) is 11.9 Å². The van der Waals surface area contributed by atoms with Gasteiger partial charge in [-0.15, -0.1) is 0 Å². The Kier molecular flexibility index (Phi) is 6.71. The Labute approximate surface area is 240 Å². The number of benzene rings is 1. The van der Waals surface area contributed by atoms with E-state index >= 15 is 0 Å². The highest BCUT2D eigenvalue weighted by molar-refractivity contribution is 6.34. The van der Waals surface area contributed by atoms with Crippen LogP contribution in [0.1, 0.15) is 22.5 Å². The molecule has 2 unspecified atom stereocenters. The van der Waals surface area contributed by atoms with E-state index in [1.807, 2.05) is 6.07 Å². The van der Waals surface area contributed by atoms with E-state index in [4.69, 9.17) is 21.8 Å². The number of nitrogens with zero attached hydrogens (tertiary/aromatic N) is 7. The summed E-state index contributed by atoms with van der Waals surface area (Å²) in [4.78, 5) is 44.0. The first kappa shape index (κ1) is 26.8. The summed E-state index contributed by atoms with van der Waals surface area (Å²) in [5, 5.41) is 24.4. The number of alkyl halides is 1. The quantitative estimate of drug-likeness (QED) is 0.282. The molecule has 1 fully saturated rings. The van der Waals surface area contributed by atoms with Gasteiger partial charge in [-0.3, -0.25) is 19.1 Å². The van der Waals surface area contributed by atoms with E-state index in [9.17, 15) is 24.0 Å². The Morgan fingerprint density at radius 1 is 1.19 bits per heavy atom. The first-order valence-electron chi connectivity index (χ1n) is 12.5. The van der Waals surface area contributed by atoms with Crippen molar-refractivity contribution in [3.8, 4) is 17.2 Å². The molecule has 3 amide bonds. The molecule has 1 aliphatic rings. The van der Waals surface area contributed by atoms with Gasteiger partial charge in [-0.1, -0.05) is 17.7 Å². The minimum absolute atomic E-state index is 0.00878. The molecule has 0 saturated carbocycles. The lowest BCUT2D eigenvalue weighted by atomic mass is 10.0. The fourth-order valence-corrected chi connectivity index (χ4v) is 5.24. The van der Waals surface area contributed by atoms with E-state index in [1.165, 1.54) is 23.2 Å². The summed E-state index contributed by atoms with van der Waals surface area (Å²) in [6.45, 7) is -0.696. The summed E-state index contributed by atoms with van der Waals surface area (Å²) in [5.74, 6) is -2.07. The van der Waals surface area contributed by atoms with Gasteiger partial charge in [0.2, 0.25) is 11.8 Å². The normalized spacial score (nSPS) is 16.5. The molecular weight excluding hydrogens is 569 g/mol. The highest BCUT2D eigenvalue weighted by Gasteiger charge is 2.40. The maximum atomic E-state index is 14.6. The molecule has 0 spiro atoms. The summed E-state index contributed by atoms with van der Waals surface area (Å²) < 4.78 is 21.1. The van der Waals surface area contributed by atoms with Crippen LogP contribution < -0.4 is 11.1 Å². The summed E-state index contributed by atoms with van der Waals surface area (Å²) in [6.07, 6.45) is 2.62. The van der Waals surface area contributed by atoms with Crippen molar-refractivity contribution in [2.24, 2.45) is 5.73 Å². The highest BCUT2D eigenvalue weighted by atomic mass is 35.5. The van der Waals surface area contributed by atoms with Gasteiger partial charge in [0, 0.05) is 22.8 Å². The SMILES string of the molecule is N#Cc1coc2c(Cl)nc(NC(=O)C3CC(F)CN3C(=O)Cn3nc(C(N)=O)c4cc(-c5ccnnc5)ccc43)cc12. The fourth-order valence-electron chi connectivity index (χ4n) is 5.01. The Balaban J connectivity index is 1.26. The lowest BCUT2D eigenvalue weighted by Crippen LogP contribution is -2.44. The second-order valence-corrected chi connectivity index (χ2v) is 9.91. The predicted molar refractivity (Wildman–Crippen MR) is 147 cm³/mol. The lowest BCUT2D eigenvalue weighted by Gasteiger charge is -2.23. The molecule has 42 heavy (non-hydrogen) atoms. The molecular formula is C27H19ClFN9O4. The summed E-state index contributed by atoms with van der Waals surface area (Å²) >= 11 is 6.15. The molecule has 6 rings (SSSR count). The van der Waals surface area contributed by atoms with Crippen molar-refractivity contribution in [3.05, 3.63) is 65.4 Å². The van der Waals surface area contributed by atoms with Crippen LogP contribution in [0.4, 0.5) is 10.2 Å². The molecule has 1 saturated heterocycles. The monoisotopic (exact) mass is 587 g/mol. The fraction of sp³-hybridized carbons (Fsp3) is 0.185. The number of anilines is 1. The van der Waals surface area contributed by atoms with Crippen LogP contribution in [-0.2, 0) is 16.1 Å². The predicted octanol–water partition coefficient (Wildman–Crippen LogP) is 2.84. The number of nitrogens with two attached hydrogens (primary N) is 1. The van der Waals surface area contributed by atoms with Gasteiger partial charge < -0.3 is 20.4 Å². The molecule has 15 heteroatoms. The summed E-state index contributed by atoms with van der Waals surface area (Å²) in [5.41, 5.74) is 7.82. The molecule has 4 aromatic heterocycles. The zero-order valence-corrected chi connectivity index (χ0v) is 22.2. The van der Waals surface area contributed by atoms with Crippen LogP contribution in [0.25, 0.3) is 33.0 Å². The van der Waals surface area contributed by atoms with Gasteiger partial charge in [-0.2, -0.15) is 20.6 Å². The van der Waals surface area contributed by atoms with Crippen molar-refractivity contribution in [2.45, 2.75) is 25.2 Å². The van der Waals surface area contributed by atoms with Crippen molar-refractivity contribution in [1.82, 2.24) is 29.9 Å². The molecule has 0 radical (unpaired) electrons. The second-order valence-electron chi connectivity index (χ2n) is 9.55. The van der Waals surface area contributed by atoms with Gasteiger partial charge in [-0.25, -0.2) is 9.37 Å².